The van der Waals surface area contributed by atoms with E-state index in [0.29, 0.717) is 6.04 Å². The van der Waals surface area contributed by atoms with E-state index in [1.807, 2.05) is 6.07 Å². The van der Waals surface area contributed by atoms with E-state index in [1.54, 1.807) is 0 Å². The Bertz CT molecular complexity index is 445. The summed E-state index contributed by atoms with van der Waals surface area (Å²) in [6.45, 7) is 0.818. The highest BCUT2D eigenvalue weighted by Gasteiger charge is 2.45. The zero-order valence-corrected chi connectivity index (χ0v) is 10.1. The summed E-state index contributed by atoms with van der Waals surface area (Å²) >= 11 is 0. The SMILES string of the molecule is FC(F)(F)c1cccc(C2(CNC3CC3)CC2)c1. The van der Waals surface area contributed by atoms with Crippen LogP contribution in [-0.4, -0.2) is 12.6 Å². The van der Waals surface area contributed by atoms with E-state index < -0.39 is 11.7 Å². The first kappa shape index (κ1) is 12.0. The lowest BCUT2D eigenvalue weighted by molar-refractivity contribution is -0.137. The molecule has 3 rings (SSSR count). The molecule has 2 aliphatic rings. The van der Waals surface area contributed by atoms with Crippen molar-refractivity contribution in [3.05, 3.63) is 35.4 Å². The number of benzene rings is 1. The first-order valence-electron chi connectivity index (χ1n) is 6.41. The van der Waals surface area contributed by atoms with Gasteiger partial charge >= 0.3 is 6.18 Å². The van der Waals surface area contributed by atoms with Gasteiger partial charge in [0.15, 0.2) is 0 Å². The van der Waals surface area contributed by atoms with Gasteiger partial charge in [0.25, 0.3) is 0 Å². The molecular formula is C14H16F3N. The molecule has 1 nitrogen and oxygen atoms in total. The molecule has 2 saturated carbocycles. The monoisotopic (exact) mass is 255 g/mol. The van der Waals surface area contributed by atoms with Crippen LogP contribution in [0.4, 0.5) is 13.2 Å². The van der Waals surface area contributed by atoms with E-state index in [9.17, 15) is 13.2 Å². The quantitative estimate of drug-likeness (QED) is 0.868. The van der Waals surface area contributed by atoms with E-state index in [4.69, 9.17) is 0 Å². The molecule has 98 valence electrons. The minimum Gasteiger partial charge on any atom is -0.313 e. The fraction of sp³-hybridized carbons (Fsp3) is 0.571. The van der Waals surface area contributed by atoms with E-state index >= 15 is 0 Å². The van der Waals surface area contributed by atoms with Gasteiger partial charge in [0, 0.05) is 18.0 Å². The van der Waals surface area contributed by atoms with Crippen molar-refractivity contribution < 1.29 is 13.2 Å². The Balaban J connectivity index is 1.78. The summed E-state index contributed by atoms with van der Waals surface area (Å²) in [5, 5.41) is 3.43. The zero-order chi connectivity index (χ0) is 12.8. The van der Waals surface area contributed by atoms with Crippen LogP contribution in [-0.2, 0) is 11.6 Å². The fourth-order valence-electron chi connectivity index (χ4n) is 2.37. The minimum absolute atomic E-state index is 0.0378. The molecule has 0 aromatic heterocycles. The smallest absolute Gasteiger partial charge is 0.313 e. The lowest BCUT2D eigenvalue weighted by atomic mass is 9.94. The van der Waals surface area contributed by atoms with Gasteiger partial charge in [-0.05, 0) is 37.3 Å². The van der Waals surface area contributed by atoms with E-state index in [2.05, 4.69) is 5.32 Å². The molecule has 0 spiro atoms. The van der Waals surface area contributed by atoms with Crippen molar-refractivity contribution in [1.29, 1.82) is 0 Å². The highest BCUT2D eigenvalue weighted by atomic mass is 19.4. The lowest BCUT2D eigenvalue weighted by Crippen LogP contribution is -2.28. The third kappa shape index (κ3) is 2.39. The summed E-state index contributed by atoms with van der Waals surface area (Å²) in [5.74, 6) is 0. The number of hydrogen-bond acceptors (Lipinski definition) is 1. The predicted molar refractivity (Wildman–Crippen MR) is 63.4 cm³/mol. The van der Waals surface area contributed by atoms with Gasteiger partial charge in [0.2, 0.25) is 0 Å². The van der Waals surface area contributed by atoms with Crippen LogP contribution in [0.1, 0.15) is 36.8 Å². The molecule has 0 saturated heterocycles. The van der Waals surface area contributed by atoms with Crippen LogP contribution in [0.25, 0.3) is 0 Å². The standard InChI is InChI=1S/C14H16F3N/c15-14(16,17)11-3-1-2-10(8-11)13(6-7-13)9-18-12-4-5-12/h1-3,8,12,18H,4-7,9H2. The topological polar surface area (TPSA) is 12.0 Å². The van der Waals surface area contributed by atoms with Gasteiger partial charge in [-0.3, -0.25) is 0 Å². The molecule has 4 heteroatoms. The first-order valence-corrected chi connectivity index (χ1v) is 6.41. The predicted octanol–water partition coefficient (Wildman–Crippen LogP) is 3.49. The molecule has 1 N–H and O–H groups in total. The number of hydrogen-bond donors (Lipinski definition) is 1. The molecule has 0 heterocycles. The molecule has 0 atom stereocenters. The average Bonchev–Trinajstić information content (AvgIpc) is 3.21. The maximum absolute atomic E-state index is 12.7. The molecule has 0 bridgehead atoms. The van der Waals surface area contributed by atoms with E-state index in [0.717, 1.165) is 31.0 Å². The van der Waals surface area contributed by atoms with Gasteiger partial charge in [0.05, 0.1) is 5.56 Å². The van der Waals surface area contributed by atoms with E-state index in [-0.39, 0.29) is 5.41 Å². The highest BCUT2D eigenvalue weighted by Crippen LogP contribution is 2.49. The van der Waals surface area contributed by atoms with Crippen molar-refractivity contribution >= 4 is 0 Å². The van der Waals surface area contributed by atoms with Crippen LogP contribution in [0, 0.1) is 0 Å². The number of nitrogens with one attached hydrogen (secondary N) is 1. The number of halogens is 3. The number of alkyl halides is 3. The van der Waals surface area contributed by atoms with Crippen molar-refractivity contribution in [1.82, 2.24) is 5.32 Å². The van der Waals surface area contributed by atoms with Crippen LogP contribution in [0.15, 0.2) is 24.3 Å². The van der Waals surface area contributed by atoms with Crippen LogP contribution in [0.2, 0.25) is 0 Å². The summed E-state index contributed by atoms with van der Waals surface area (Å²) in [6.07, 6.45) is 0.162. The first-order chi connectivity index (χ1) is 8.50. The third-order valence-corrected chi connectivity index (χ3v) is 3.96. The molecule has 0 radical (unpaired) electrons. The second-order valence-electron chi connectivity index (χ2n) is 5.51. The molecule has 18 heavy (non-hydrogen) atoms. The third-order valence-electron chi connectivity index (χ3n) is 3.96. The largest absolute Gasteiger partial charge is 0.416 e. The van der Waals surface area contributed by atoms with Gasteiger partial charge in [-0.2, -0.15) is 13.2 Å². The van der Waals surface area contributed by atoms with Crippen LogP contribution >= 0.6 is 0 Å². The average molecular weight is 255 g/mol. The maximum Gasteiger partial charge on any atom is 0.416 e. The second-order valence-corrected chi connectivity index (χ2v) is 5.51. The molecule has 0 unspecified atom stereocenters. The van der Waals surface area contributed by atoms with Gasteiger partial charge in [0.1, 0.15) is 0 Å². The van der Waals surface area contributed by atoms with Crippen LogP contribution in [0.5, 0.6) is 0 Å². The van der Waals surface area contributed by atoms with Crippen LogP contribution < -0.4 is 5.32 Å². The fourth-order valence-corrected chi connectivity index (χ4v) is 2.37. The number of rotatable bonds is 4. The van der Waals surface area contributed by atoms with Crippen molar-refractivity contribution in [2.75, 3.05) is 6.54 Å². The van der Waals surface area contributed by atoms with Gasteiger partial charge in [-0.1, -0.05) is 18.2 Å². The van der Waals surface area contributed by atoms with E-state index in [1.165, 1.54) is 25.0 Å². The summed E-state index contributed by atoms with van der Waals surface area (Å²) in [7, 11) is 0. The minimum atomic E-state index is -4.24. The molecule has 1 aromatic carbocycles. The van der Waals surface area contributed by atoms with Crippen molar-refractivity contribution in [2.24, 2.45) is 0 Å². The Morgan fingerprint density at radius 2 is 1.94 bits per heavy atom. The normalized spacial score (nSPS) is 21.9. The maximum atomic E-state index is 12.7. The summed E-state index contributed by atoms with van der Waals surface area (Å²) in [5.41, 5.74) is 0.271. The molecular weight excluding hydrogens is 239 g/mol. The molecule has 0 amide bonds. The highest BCUT2D eigenvalue weighted by molar-refractivity contribution is 5.36. The molecule has 2 aliphatic carbocycles. The Labute approximate surface area is 104 Å². The molecule has 0 aliphatic heterocycles. The lowest BCUT2D eigenvalue weighted by Gasteiger charge is -2.18. The Morgan fingerprint density at radius 3 is 2.50 bits per heavy atom. The summed E-state index contributed by atoms with van der Waals surface area (Å²) in [4.78, 5) is 0. The summed E-state index contributed by atoms with van der Waals surface area (Å²) < 4.78 is 38.1. The summed E-state index contributed by atoms with van der Waals surface area (Å²) in [6, 6.07) is 6.43. The van der Waals surface area contributed by atoms with Crippen molar-refractivity contribution in [2.45, 2.75) is 43.3 Å². The van der Waals surface area contributed by atoms with Crippen molar-refractivity contribution in [3.63, 3.8) is 0 Å². The Kier molecular flexibility index (Phi) is 2.66. The second kappa shape index (κ2) is 3.98. The Hall–Kier alpha value is -1.03. The Morgan fingerprint density at radius 1 is 1.22 bits per heavy atom. The van der Waals surface area contributed by atoms with Gasteiger partial charge in [-0.15, -0.1) is 0 Å². The molecule has 2 fully saturated rings. The molecule has 1 aromatic rings. The van der Waals surface area contributed by atoms with Crippen molar-refractivity contribution in [3.8, 4) is 0 Å². The van der Waals surface area contributed by atoms with Gasteiger partial charge in [-0.25, -0.2) is 0 Å². The van der Waals surface area contributed by atoms with Crippen LogP contribution in [0.3, 0.4) is 0 Å². The van der Waals surface area contributed by atoms with Gasteiger partial charge < -0.3 is 5.32 Å². The zero-order valence-electron chi connectivity index (χ0n) is 10.1.